The highest BCUT2D eigenvalue weighted by atomic mass is 31.2. The second-order valence-electron chi connectivity index (χ2n) is 3.90. The van der Waals surface area contributed by atoms with E-state index >= 15 is 0 Å². The van der Waals surface area contributed by atoms with Crippen LogP contribution in [-0.2, 0) is 4.52 Å². The molecule has 0 radical (unpaired) electrons. The van der Waals surface area contributed by atoms with E-state index in [9.17, 15) is 0 Å². The van der Waals surface area contributed by atoms with E-state index in [4.69, 9.17) is 4.52 Å². The van der Waals surface area contributed by atoms with Crippen LogP contribution >= 0.6 is 8.30 Å². The summed E-state index contributed by atoms with van der Waals surface area (Å²) in [5.74, 6) is 0. The van der Waals surface area contributed by atoms with Gasteiger partial charge in [-0.05, 0) is 12.1 Å². The van der Waals surface area contributed by atoms with Gasteiger partial charge in [0.1, 0.15) is 0 Å². The standard InChI is InChI=1S/C14H14NOP/c1-3-7-13(8-4-1)15-11-12-16-17(15)14-9-5-2-6-10-14/h1-10H,11-12H2. The van der Waals surface area contributed by atoms with Gasteiger partial charge in [0.15, 0.2) is 8.30 Å². The molecular weight excluding hydrogens is 229 g/mol. The molecule has 0 bridgehead atoms. The van der Waals surface area contributed by atoms with Gasteiger partial charge < -0.3 is 9.19 Å². The molecule has 1 fully saturated rings. The summed E-state index contributed by atoms with van der Waals surface area (Å²) in [4.78, 5) is 0. The molecule has 0 amide bonds. The zero-order valence-corrected chi connectivity index (χ0v) is 10.4. The molecule has 17 heavy (non-hydrogen) atoms. The molecule has 1 aliphatic heterocycles. The molecule has 0 aliphatic carbocycles. The third kappa shape index (κ3) is 2.19. The molecule has 3 rings (SSSR count). The Morgan fingerprint density at radius 3 is 2.24 bits per heavy atom. The van der Waals surface area contributed by atoms with Gasteiger partial charge in [-0.2, -0.15) is 0 Å². The number of nitrogens with zero attached hydrogens (tertiary/aromatic N) is 1. The van der Waals surface area contributed by atoms with Gasteiger partial charge in [-0.15, -0.1) is 0 Å². The minimum atomic E-state index is -0.647. The van der Waals surface area contributed by atoms with Crippen molar-refractivity contribution in [1.82, 2.24) is 0 Å². The Kier molecular flexibility index (Phi) is 3.08. The number of hydrogen-bond donors (Lipinski definition) is 0. The van der Waals surface area contributed by atoms with Crippen LogP contribution in [0.3, 0.4) is 0 Å². The van der Waals surface area contributed by atoms with Crippen LogP contribution in [0.2, 0.25) is 0 Å². The van der Waals surface area contributed by atoms with Gasteiger partial charge in [0.05, 0.1) is 6.61 Å². The normalized spacial score (nSPS) is 19.5. The number of hydrogen-bond acceptors (Lipinski definition) is 2. The van der Waals surface area contributed by atoms with Crippen LogP contribution in [0.1, 0.15) is 0 Å². The minimum Gasteiger partial charge on any atom is -0.334 e. The fourth-order valence-corrected chi connectivity index (χ4v) is 3.83. The Hall–Kier alpha value is -1.37. The molecule has 1 unspecified atom stereocenters. The lowest BCUT2D eigenvalue weighted by molar-refractivity contribution is 0.402. The van der Waals surface area contributed by atoms with Crippen LogP contribution in [0.25, 0.3) is 0 Å². The highest BCUT2D eigenvalue weighted by Crippen LogP contribution is 2.47. The maximum Gasteiger partial charge on any atom is 0.166 e. The molecule has 2 aromatic carbocycles. The quantitative estimate of drug-likeness (QED) is 0.751. The van der Waals surface area contributed by atoms with Crippen molar-refractivity contribution in [3.05, 3.63) is 60.7 Å². The van der Waals surface area contributed by atoms with E-state index in [1.807, 2.05) is 12.1 Å². The van der Waals surface area contributed by atoms with Gasteiger partial charge in [-0.3, -0.25) is 0 Å². The van der Waals surface area contributed by atoms with E-state index in [0.29, 0.717) is 0 Å². The molecule has 0 saturated carbocycles. The lowest BCUT2D eigenvalue weighted by Gasteiger charge is -2.24. The SMILES string of the molecule is c1ccc(N2CCOP2c2ccccc2)cc1. The van der Waals surface area contributed by atoms with Crippen molar-refractivity contribution in [2.45, 2.75) is 0 Å². The van der Waals surface area contributed by atoms with Crippen LogP contribution in [0, 0.1) is 0 Å². The van der Waals surface area contributed by atoms with Gasteiger partial charge in [-0.25, -0.2) is 0 Å². The van der Waals surface area contributed by atoms with Crippen molar-refractivity contribution >= 4 is 19.3 Å². The molecule has 1 heterocycles. The molecule has 0 N–H and O–H groups in total. The van der Waals surface area contributed by atoms with Crippen molar-refractivity contribution in [3.8, 4) is 0 Å². The first-order valence-electron chi connectivity index (χ1n) is 5.76. The van der Waals surface area contributed by atoms with E-state index in [-0.39, 0.29) is 0 Å². The van der Waals surface area contributed by atoms with Crippen molar-refractivity contribution in [2.24, 2.45) is 0 Å². The van der Waals surface area contributed by atoms with Crippen molar-refractivity contribution in [1.29, 1.82) is 0 Å². The Morgan fingerprint density at radius 1 is 0.882 bits per heavy atom. The molecule has 3 heteroatoms. The summed E-state index contributed by atoms with van der Waals surface area (Å²) >= 11 is 0. The van der Waals surface area contributed by atoms with Crippen LogP contribution in [-0.4, -0.2) is 13.2 Å². The minimum absolute atomic E-state index is 0.647. The van der Waals surface area contributed by atoms with E-state index in [2.05, 4.69) is 53.2 Å². The fourth-order valence-electron chi connectivity index (χ4n) is 1.98. The zero-order chi connectivity index (χ0) is 11.5. The predicted molar refractivity (Wildman–Crippen MR) is 72.7 cm³/mol. The van der Waals surface area contributed by atoms with Gasteiger partial charge in [0.25, 0.3) is 0 Å². The number of rotatable bonds is 2. The summed E-state index contributed by atoms with van der Waals surface area (Å²) in [7, 11) is -0.647. The van der Waals surface area contributed by atoms with E-state index in [0.717, 1.165) is 13.2 Å². The monoisotopic (exact) mass is 243 g/mol. The Balaban J connectivity index is 1.91. The summed E-state index contributed by atoms with van der Waals surface area (Å²) in [6, 6.07) is 21.0. The van der Waals surface area contributed by atoms with E-state index in [1.165, 1.54) is 11.0 Å². The van der Waals surface area contributed by atoms with Crippen molar-refractivity contribution in [3.63, 3.8) is 0 Å². The summed E-state index contributed by atoms with van der Waals surface area (Å²) in [5.41, 5.74) is 1.25. The fraction of sp³-hybridized carbons (Fsp3) is 0.143. The average Bonchev–Trinajstić information content (AvgIpc) is 2.90. The Bertz CT molecular complexity index is 429. The first-order chi connectivity index (χ1) is 8.45. The molecule has 2 nitrogen and oxygen atoms in total. The highest BCUT2D eigenvalue weighted by Gasteiger charge is 2.27. The summed E-state index contributed by atoms with van der Waals surface area (Å²) < 4.78 is 8.26. The lowest BCUT2D eigenvalue weighted by Crippen LogP contribution is -2.17. The second kappa shape index (κ2) is 4.87. The highest BCUT2D eigenvalue weighted by molar-refractivity contribution is 7.62. The molecular formula is C14H14NOP. The topological polar surface area (TPSA) is 12.5 Å². The predicted octanol–water partition coefficient (Wildman–Crippen LogP) is 3.16. The maximum atomic E-state index is 5.90. The summed E-state index contributed by atoms with van der Waals surface area (Å²) in [6.07, 6.45) is 0. The molecule has 2 aromatic rings. The Labute approximate surface area is 103 Å². The van der Waals surface area contributed by atoms with Crippen molar-refractivity contribution in [2.75, 3.05) is 17.8 Å². The summed E-state index contributed by atoms with van der Waals surface area (Å²) in [6.45, 7) is 1.79. The average molecular weight is 243 g/mol. The zero-order valence-electron chi connectivity index (χ0n) is 9.49. The number of anilines is 1. The summed E-state index contributed by atoms with van der Waals surface area (Å²) in [5, 5.41) is 1.28. The van der Waals surface area contributed by atoms with Gasteiger partial charge >= 0.3 is 0 Å². The van der Waals surface area contributed by atoms with Crippen molar-refractivity contribution < 1.29 is 4.52 Å². The third-order valence-electron chi connectivity index (χ3n) is 2.77. The first kappa shape index (κ1) is 10.8. The van der Waals surface area contributed by atoms with Gasteiger partial charge in [-0.1, -0.05) is 48.5 Å². The van der Waals surface area contributed by atoms with Crippen LogP contribution in [0.15, 0.2) is 60.7 Å². The molecule has 0 spiro atoms. The molecule has 0 aromatic heterocycles. The number of benzene rings is 2. The molecule has 86 valence electrons. The van der Waals surface area contributed by atoms with Crippen LogP contribution < -0.4 is 9.97 Å². The Morgan fingerprint density at radius 2 is 1.53 bits per heavy atom. The van der Waals surface area contributed by atoms with Gasteiger partial charge in [0, 0.05) is 17.5 Å². The second-order valence-corrected chi connectivity index (χ2v) is 5.70. The van der Waals surface area contributed by atoms with E-state index in [1.54, 1.807) is 0 Å². The molecule has 1 saturated heterocycles. The largest absolute Gasteiger partial charge is 0.334 e. The number of para-hydroxylation sites is 1. The van der Waals surface area contributed by atoms with Crippen LogP contribution in [0.5, 0.6) is 0 Å². The third-order valence-corrected chi connectivity index (χ3v) is 4.80. The first-order valence-corrected chi connectivity index (χ1v) is 6.97. The van der Waals surface area contributed by atoms with Gasteiger partial charge in [0.2, 0.25) is 0 Å². The lowest BCUT2D eigenvalue weighted by atomic mass is 10.3. The molecule has 1 atom stereocenters. The van der Waals surface area contributed by atoms with Crippen LogP contribution in [0.4, 0.5) is 5.69 Å². The molecule has 1 aliphatic rings. The van der Waals surface area contributed by atoms with E-state index < -0.39 is 8.30 Å². The smallest absolute Gasteiger partial charge is 0.166 e. The maximum absolute atomic E-state index is 5.90.